The molecule has 0 fully saturated rings. The van der Waals surface area contributed by atoms with E-state index in [-0.39, 0.29) is 0 Å². The first kappa shape index (κ1) is 14.8. The Morgan fingerprint density at radius 2 is 1.90 bits per heavy atom. The molecule has 2 heteroatoms. The standard InChI is InChI=1S/C19H25NS/c1-13(11-19-10-7-14(2)21-19)20-15(3)17-9-8-16-5-4-6-18(16)12-17/h7-10,12-13,15,20H,4-6,11H2,1-3H3. The molecule has 1 aliphatic carbocycles. The highest BCUT2D eigenvalue weighted by Crippen LogP contribution is 2.26. The van der Waals surface area contributed by atoms with Crippen molar-refractivity contribution in [3.8, 4) is 0 Å². The van der Waals surface area contributed by atoms with Crippen LogP contribution in [0.15, 0.2) is 30.3 Å². The Morgan fingerprint density at radius 1 is 1.10 bits per heavy atom. The molecule has 3 rings (SSSR count). The van der Waals surface area contributed by atoms with Crippen molar-refractivity contribution < 1.29 is 0 Å². The number of fused-ring (bicyclic) bond motifs is 1. The van der Waals surface area contributed by atoms with Gasteiger partial charge in [-0.3, -0.25) is 0 Å². The van der Waals surface area contributed by atoms with Crippen LogP contribution >= 0.6 is 11.3 Å². The topological polar surface area (TPSA) is 12.0 Å². The van der Waals surface area contributed by atoms with Gasteiger partial charge in [-0.25, -0.2) is 0 Å². The van der Waals surface area contributed by atoms with E-state index in [1.165, 1.54) is 34.6 Å². The quantitative estimate of drug-likeness (QED) is 0.834. The summed E-state index contributed by atoms with van der Waals surface area (Å²) >= 11 is 1.92. The van der Waals surface area contributed by atoms with Crippen molar-refractivity contribution in [3.63, 3.8) is 0 Å². The van der Waals surface area contributed by atoms with Gasteiger partial charge in [0.15, 0.2) is 0 Å². The molecule has 1 nitrogen and oxygen atoms in total. The molecule has 0 amide bonds. The van der Waals surface area contributed by atoms with Gasteiger partial charge in [0.25, 0.3) is 0 Å². The van der Waals surface area contributed by atoms with Gasteiger partial charge >= 0.3 is 0 Å². The summed E-state index contributed by atoms with van der Waals surface area (Å²) in [5.41, 5.74) is 4.57. The maximum Gasteiger partial charge on any atom is 0.0294 e. The Morgan fingerprint density at radius 3 is 2.67 bits per heavy atom. The predicted octanol–water partition coefficient (Wildman–Crippen LogP) is 4.83. The lowest BCUT2D eigenvalue weighted by Gasteiger charge is -2.20. The number of hydrogen-bond acceptors (Lipinski definition) is 2. The zero-order valence-electron chi connectivity index (χ0n) is 13.3. The Kier molecular flexibility index (Phi) is 4.46. The van der Waals surface area contributed by atoms with E-state index < -0.39 is 0 Å². The van der Waals surface area contributed by atoms with Crippen LogP contribution in [0.1, 0.15) is 52.8 Å². The fraction of sp³-hybridized carbons (Fsp3) is 0.474. The van der Waals surface area contributed by atoms with Crippen LogP contribution < -0.4 is 5.32 Å². The van der Waals surface area contributed by atoms with E-state index in [1.807, 2.05) is 11.3 Å². The van der Waals surface area contributed by atoms with Crippen LogP contribution in [-0.2, 0) is 19.3 Å². The molecule has 0 saturated heterocycles. The van der Waals surface area contributed by atoms with Crippen LogP contribution in [0.5, 0.6) is 0 Å². The molecule has 1 aliphatic rings. The van der Waals surface area contributed by atoms with Crippen LogP contribution in [0.4, 0.5) is 0 Å². The van der Waals surface area contributed by atoms with Gasteiger partial charge in [-0.2, -0.15) is 0 Å². The molecular formula is C19H25NS. The van der Waals surface area contributed by atoms with E-state index in [4.69, 9.17) is 0 Å². The maximum atomic E-state index is 3.75. The van der Waals surface area contributed by atoms with E-state index in [1.54, 1.807) is 11.1 Å². The lowest BCUT2D eigenvalue weighted by atomic mass is 10.0. The average Bonchev–Trinajstić information content (AvgIpc) is 3.06. The molecule has 21 heavy (non-hydrogen) atoms. The van der Waals surface area contributed by atoms with E-state index >= 15 is 0 Å². The zero-order chi connectivity index (χ0) is 14.8. The monoisotopic (exact) mass is 299 g/mol. The highest BCUT2D eigenvalue weighted by molar-refractivity contribution is 7.11. The van der Waals surface area contributed by atoms with Crippen molar-refractivity contribution in [2.24, 2.45) is 0 Å². The van der Waals surface area contributed by atoms with Gasteiger partial charge in [-0.05, 0) is 75.3 Å². The molecule has 112 valence electrons. The molecule has 2 aromatic rings. The smallest absolute Gasteiger partial charge is 0.0294 e. The van der Waals surface area contributed by atoms with Crippen LogP contribution in [-0.4, -0.2) is 6.04 Å². The van der Waals surface area contributed by atoms with Crippen molar-refractivity contribution in [3.05, 3.63) is 56.8 Å². The summed E-state index contributed by atoms with van der Waals surface area (Å²) in [5, 5.41) is 3.75. The minimum atomic E-state index is 0.423. The third-order valence-electron chi connectivity index (χ3n) is 4.46. The van der Waals surface area contributed by atoms with E-state index in [9.17, 15) is 0 Å². The second kappa shape index (κ2) is 6.33. The molecule has 2 unspecified atom stereocenters. The van der Waals surface area contributed by atoms with E-state index in [0.29, 0.717) is 12.1 Å². The number of aryl methyl sites for hydroxylation is 3. The van der Waals surface area contributed by atoms with Crippen molar-refractivity contribution in [1.29, 1.82) is 0 Å². The minimum absolute atomic E-state index is 0.423. The second-order valence-electron chi connectivity index (χ2n) is 6.39. The fourth-order valence-electron chi connectivity index (χ4n) is 3.34. The zero-order valence-corrected chi connectivity index (χ0v) is 14.1. The number of rotatable bonds is 5. The molecule has 0 aliphatic heterocycles. The molecule has 1 aromatic carbocycles. The maximum absolute atomic E-state index is 3.75. The minimum Gasteiger partial charge on any atom is -0.307 e. The Bertz CT molecular complexity index is 614. The molecule has 0 spiro atoms. The van der Waals surface area contributed by atoms with E-state index in [2.05, 4.69) is 56.4 Å². The number of thiophene rings is 1. The summed E-state index contributed by atoms with van der Waals surface area (Å²) in [5.74, 6) is 0. The first-order valence-corrected chi connectivity index (χ1v) is 8.86. The summed E-state index contributed by atoms with van der Waals surface area (Å²) in [6.45, 7) is 6.76. The summed E-state index contributed by atoms with van der Waals surface area (Å²) in [7, 11) is 0. The summed E-state index contributed by atoms with van der Waals surface area (Å²) in [4.78, 5) is 2.89. The van der Waals surface area contributed by atoms with Gasteiger partial charge in [0, 0.05) is 21.8 Å². The molecule has 1 aromatic heterocycles. The largest absolute Gasteiger partial charge is 0.307 e. The Labute approximate surface area is 132 Å². The Hall–Kier alpha value is -1.12. The van der Waals surface area contributed by atoms with Crippen LogP contribution in [0.25, 0.3) is 0 Å². The summed E-state index contributed by atoms with van der Waals surface area (Å²) in [6.07, 6.45) is 4.98. The first-order valence-electron chi connectivity index (χ1n) is 8.05. The second-order valence-corrected chi connectivity index (χ2v) is 7.76. The number of nitrogens with one attached hydrogen (secondary N) is 1. The highest BCUT2D eigenvalue weighted by atomic mass is 32.1. The average molecular weight is 299 g/mol. The lowest BCUT2D eigenvalue weighted by molar-refractivity contribution is 0.479. The summed E-state index contributed by atoms with van der Waals surface area (Å²) < 4.78 is 0. The van der Waals surface area contributed by atoms with Crippen molar-refractivity contribution >= 4 is 11.3 Å². The molecular weight excluding hydrogens is 274 g/mol. The fourth-order valence-corrected chi connectivity index (χ4v) is 4.36. The molecule has 2 atom stereocenters. The lowest BCUT2D eigenvalue weighted by Crippen LogP contribution is -2.30. The van der Waals surface area contributed by atoms with Gasteiger partial charge < -0.3 is 5.32 Å². The molecule has 1 N–H and O–H groups in total. The third kappa shape index (κ3) is 3.56. The van der Waals surface area contributed by atoms with Crippen molar-refractivity contribution in [1.82, 2.24) is 5.32 Å². The van der Waals surface area contributed by atoms with E-state index in [0.717, 1.165) is 6.42 Å². The molecule has 0 saturated carbocycles. The van der Waals surface area contributed by atoms with Gasteiger partial charge in [0.2, 0.25) is 0 Å². The van der Waals surface area contributed by atoms with Crippen LogP contribution in [0.2, 0.25) is 0 Å². The predicted molar refractivity (Wildman–Crippen MR) is 92.2 cm³/mol. The number of benzene rings is 1. The van der Waals surface area contributed by atoms with Crippen molar-refractivity contribution in [2.45, 2.75) is 58.5 Å². The van der Waals surface area contributed by atoms with Gasteiger partial charge in [0.1, 0.15) is 0 Å². The SMILES string of the molecule is Cc1ccc(CC(C)NC(C)c2ccc3c(c2)CCC3)s1. The van der Waals surface area contributed by atoms with Crippen molar-refractivity contribution in [2.75, 3.05) is 0 Å². The Balaban J connectivity index is 1.61. The number of hydrogen-bond donors (Lipinski definition) is 1. The van der Waals surface area contributed by atoms with Gasteiger partial charge in [-0.15, -0.1) is 11.3 Å². The van der Waals surface area contributed by atoms with Crippen LogP contribution in [0.3, 0.4) is 0 Å². The molecule has 1 heterocycles. The third-order valence-corrected chi connectivity index (χ3v) is 5.48. The molecule has 0 radical (unpaired) electrons. The molecule has 0 bridgehead atoms. The highest BCUT2D eigenvalue weighted by Gasteiger charge is 2.15. The first-order chi connectivity index (χ1) is 10.1. The summed E-state index contributed by atoms with van der Waals surface area (Å²) in [6, 6.07) is 12.5. The van der Waals surface area contributed by atoms with Crippen LogP contribution in [0, 0.1) is 6.92 Å². The van der Waals surface area contributed by atoms with Gasteiger partial charge in [-0.1, -0.05) is 18.2 Å². The van der Waals surface area contributed by atoms with Gasteiger partial charge in [0.05, 0.1) is 0 Å². The normalized spacial score (nSPS) is 16.7.